The lowest BCUT2D eigenvalue weighted by Gasteiger charge is -2.30. The van der Waals surface area contributed by atoms with Gasteiger partial charge in [-0.2, -0.15) is 0 Å². The zero-order valence-corrected chi connectivity index (χ0v) is 42.3. The van der Waals surface area contributed by atoms with Crippen LogP contribution in [0.4, 0.5) is 28.4 Å². The largest absolute Gasteiger partial charge is 0.310 e. The summed E-state index contributed by atoms with van der Waals surface area (Å²) >= 11 is 0. The molecule has 0 saturated heterocycles. The van der Waals surface area contributed by atoms with Gasteiger partial charge in [0.2, 0.25) is 0 Å². The third-order valence-electron chi connectivity index (χ3n) is 15.7. The molecule has 0 spiro atoms. The van der Waals surface area contributed by atoms with Crippen LogP contribution < -0.4 is 9.80 Å². The van der Waals surface area contributed by atoms with Gasteiger partial charge in [-0.1, -0.05) is 206 Å². The molecule has 2 aliphatic rings. The molecule has 14 rings (SSSR count). The summed E-state index contributed by atoms with van der Waals surface area (Å²) in [5, 5.41) is 12.4. The Kier molecular flexibility index (Phi) is 11.5. The fourth-order valence-corrected chi connectivity index (χ4v) is 12.0. The number of nitrogens with zero attached hydrogens (tertiary/aromatic N) is 2. The molecule has 0 atom stereocenters. The Balaban J connectivity index is 1.04. The molecule has 0 bridgehead atoms. The average Bonchev–Trinajstić information content (AvgIpc) is 3.50. The zero-order chi connectivity index (χ0) is 50.4. The van der Waals surface area contributed by atoms with Crippen LogP contribution in [-0.4, -0.2) is 0 Å². The first-order chi connectivity index (χ1) is 37.7. The molecule has 76 heavy (non-hydrogen) atoms. The summed E-state index contributed by atoms with van der Waals surface area (Å²) in [5.41, 5.74) is 17.0. The normalized spacial score (nSPS) is 13.5. The van der Waals surface area contributed by atoms with Crippen LogP contribution in [0.1, 0.15) is 36.8 Å². The number of hydrogen-bond acceptors (Lipinski definition) is 2. The molecule has 2 aliphatic carbocycles. The Labute approximate surface area is 444 Å². The molecule has 2 nitrogen and oxygen atoms in total. The van der Waals surface area contributed by atoms with Gasteiger partial charge in [0, 0.05) is 33.8 Å². The Morgan fingerprint density at radius 2 is 0.816 bits per heavy atom. The second-order valence-electron chi connectivity index (χ2n) is 20.2. The number of anilines is 5. The van der Waals surface area contributed by atoms with Gasteiger partial charge in [0.1, 0.15) is 0 Å². The first-order valence-electron chi connectivity index (χ1n) is 26.8. The topological polar surface area (TPSA) is 6.48 Å². The van der Waals surface area contributed by atoms with Crippen LogP contribution in [0.2, 0.25) is 0 Å². The van der Waals surface area contributed by atoms with E-state index in [4.69, 9.17) is 0 Å². The van der Waals surface area contributed by atoms with E-state index in [1.54, 1.807) is 0 Å². The molecular weight excluding hydrogens is 917 g/mol. The summed E-state index contributed by atoms with van der Waals surface area (Å²) in [6.07, 6.45) is 15.8. The van der Waals surface area contributed by atoms with E-state index < -0.39 is 0 Å². The van der Waals surface area contributed by atoms with Gasteiger partial charge in [-0.25, -0.2) is 0 Å². The maximum Gasteiger partial charge on any atom is 0.0539 e. The quantitative estimate of drug-likeness (QED) is 0.126. The Bertz CT molecular complexity index is 4280. The highest BCUT2D eigenvalue weighted by molar-refractivity contribution is 6.20. The summed E-state index contributed by atoms with van der Waals surface area (Å²) in [6, 6.07) is 92.0. The standard InChI is InChI=1S/C74H54N2/c1-4-23-62(24-5-1)75(63-25-6-2-7-26-63)65-43-45-68-70(49-65)73(56-37-31-53(32-38-56)60-41-35-51-17-10-12-20-58(51)47-60)69-46-44-66(76(64-27-8-3-9-28-64)72-30-16-22-55-19-14-15-29-67(55)72)50-71(69)74(68)57-39-33-54(34-40-57)61-42-36-52-18-11-13-21-59(52)48-61/h1-2,4-8,10-33,35-39,41-50H,3,9,34,40H2. The van der Waals surface area contributed by atoms with E-state index in [0.29, 0.717) is 0 Å². The molecule has 0 aromatic heterocycles. The third kappa shape index (κ3) is 8.25. The van der Waals surface area contributed by atoms with Gasteiger partial charge in [0.05, 0.1) is 5.69 Å². The molecule has 0 heterocycles. The van der Waals surface area contributed by atoms with Crippen molar-refractivity contribution < 1.29 is 0 Å². The highest BCUT2D eigenvalue weighted by Gasteiger charge is 2.25. The van der Waals surface area contributed by atoms with Gasteiger partial charge in [0.15, 0.2) is 0 Å². The van der Waals surface area contributed by atoms with Crippen LogP contribution in [0.5, 0.6) is 0 Å². The monoisotopic (exact) mass is 970 g/mol. The minimum absolute atomic E-state index is 0.912. The van der Waals surface area contributed by atoms with E-state index >= 15 is 0 Å². The molecule has 360 valence electrons. The molecule has 0 amide bonds. The Hall–Kier alpha value is -9.50. The number of benzene rings is 12. The molecular formula is C74H54N2. The SMILES string of the molecule is C1=CC(N(c2ccc3c(-c4ccc(-c5ccc6ccccc6c5)cc4)c4cc(N(c5ccccc5)c5ccccc5)ccc4c(C4=CC=C(c5ccc6ccccc6c5)CC4)c3c2)c2cccc3ccccc23)=CCC1. The maximum absolute atomic E-state index is 2.50. The second-order valence-corrected chi connectivity index (χ2v) is 20.2. The van der Waals surface area contributed by atoms with Crippen molar-refractivity contribution in [1.29, 1.82) is 0 Å². The second kappa shape index (κ2) is 19.4. The molecule has 0 fully saturated rings. The highest BCUT2D eigenvalue weighted by Crippen LogP contribution is 2.49. The van der Waals surface area contributed by atoms with E-state index in [1.165, 1.54) is 110 Å². The van der Waals surface area contributed by atoms with Crippen molar-refractivity contribution >= 4 is 93.4 Å². The summed E-state index contributed by atoms with van der Waals surface area (Å²) in [4.78, 5) is 4.89. The van der Waals surface area contributed by atoms with Crippen molar-refractivity contribution in [2.24, 2.45) is 0 Å². The summed E-state index contributed by atoms with van der Waals surface area (Å²) < 4.78 is 0. The number of hydrogen-bond donors (Lipinski definition) is 0. The third-order valence-corrected chi connectivity index (χ3v) is 15.7. The van der Waals surface area contributed by atoms with Crippen molar-refractivity contribution in [1.82, 2.24) is 0 Å². The van der Waals surface area contributed by atoms with Crippen LogP contribution in [0.3, 0.4) is 0 Å². The van der Waals surface area contributed by atoms with Crippen molar-refractivity contribution in [3.05, 3.63) is 296 Å². The molecule has 0 saturated carbocycles. The highest BCUT2D eigenvalue weighted by atomic mass is 15.2. The Morgan fingerprint density at radius 1 is 0.289 bits per heavy atom. The molecule has 12 aromatic rings. The van der Waals surface area contributed by atoms with Crippen LogP contribution in [0.15, 0.2) is 285 Å². The van der Waals surface area contributed by atoms with Crippen LogP contribution in [0.25, 0.3) is 87.3 Å². The number of allylic oxidation sites excluding steroid dienone is 7. The minimum Gasteiger partial charge on any atom is -0.310 e. The van der Waals surface area contributed by atoms with E-state index in [9.17, 15) is 0 Å². The van der Waals surface area contributed by atoms with Crippen molar-refractivity contribution in [3.63, 3.8) is 0 Å². The smallest absolute Gasteiger partial charge is 0.0539 e. The Morgan fingerprint density at radius 3 is 1.47 bits per heavy atom. The molecule has 0 N–H and O–H groups in total. The summed E-state index contributed by atoms with van der Waals surface area (Å²) in [7, 11) is 0. The van der Waals surface area contributed by atoms with Gasteiger partial charge in [-0.15, -0.1) is 0 Å². The van der Waals surface area contributed by atoms with Gasteiger partial charge in [-0.3, -0.25) is 0 Å². The molecule has 0 unspecified atom stereocenters. The van der Waals surface area contributed by atoms with E-state index in [0.717, 1.165) is 48.4 Å². The average molecular weight is 971 g/mol. The summed E-state index contributed by atoms with van der Waals surface area (Å²) in [5.74, 6) is 0. The van der Waals surface area contributed by atoms with E-state index in [1.807, 2.05) is 0 Å². The molecule has 0 radical (unpaired) electrons. The van der Waals surface area contributed by atoms with Gasteiger partial charge in [-0.05, 0) is 191 Å². The van der Waals surface area contributed by atoms with Crippen LogP contribution in [-0.2, 0) is 0 Å². The number of para-hydroxylation sites is 2. The lowest BCUT2D eigenvalue weighted by Crippen LogP contribution is -2.16. The van der Waals surface area contributed by atoms with Crippen LogP contribution >= 0.6 is 0 Å². The predicted octanol–water partition coefficient (Wildman–Crippen LogP) is 20.9. The minimum atomic E-state index is 0.912. The first-order valence-corrected chi connectivity index (χ1v) is 26.8. The lowest BCUT2D eigenvalue weighted by atomic mass is 9.82. The lowest BCUT2D eigenvalue weighted by molar-refractivity contribution is 0.998. The predicted molar refractivity (Wildman–Crippen MR) is 326 cm³/mol. The van der Waals surface area contributed by atoms with Crippen molar-refractivity contribution in [2.45, 2.75) is 25.7 Å². The molecule has 12 aromatic carbocycles. The van der Waals surface area contributed by atoms with Crippen molar-refractivity contribution in [3.8, 4) is 22.3 Å². The van der Waals surface area contributed by atoms with Gasteiger partial charge in [0.25, 0.3) is 0 Å². The zero-order valence-electron chi connectivity index (χ0n) is 42.3. The van der Waals surface area contributed by atoms with Crippen LogP contribution in [0, 0.1) is 0 Å². The number of fused-ring (bicyclic) bond motifs is 5. The molecule has 0 aliphatic heterocycles. The van der Waals surface area contributed by atoms with E-state index in [2.05, 4.69) is 289 Å². The fraction of sp³-hybridized carbons (Fsp3) is 0.0541. The maximum atomic E-state index is 2.50. The molecule has 2 heteroatoms. The van der Waals surface area contributed by atoms with E-state index in [-0.39, 0.29) is 0 Å². The van der Waals surface area contributed by atoms with Crippen molar-refractivity contribution in [2.75, 3.05) is 9.80 Å². The van der Waals surface area contributed by atoms with Gasteiger partial charge < -0.3 is 9.80 Å². The fourth-order valence-electron chi connectivity index (χ4n) is 12.0. The number of rotatable bonds is 10. The summed E-state index contributed by atoms with van der Waals surface area (Å²) in [6.45, 7) is 0. The van der Waals surface area contributed by atoms with Gasteiger partial charge >= 0.3 is 0 Å². The first kappa shape index (κ1) is 45.1.